The molecule has 2 rings (SSSR count). The van der Waals surface area contributed by atoms with E-state index in [-0.39, 0.29) is 0 Å². The molecule has 2 N–H and O–H groups in total. The van der Waals surface area contributed by atoms with Crippen LogP contribution in [0.2, 0.25) is 5.02 Å². The number of nitrogens with two attached hydrogens (primary N) is 1. The van der Waals surface area contributed by atoms with Gasteiger partial charge in [-0.15, -0.1) is 0 Å². The zero-order chi connectivity index (χ0) is 12.3. The summed E-state index contributed by atoms with van der Waals surface area (Å²) < 4.78 is 6.46. The minimum Gasteiger partial charge on any atom is -0.490 e. The number of halogens is 2. The zero-order valence-corrected chi connectivity index (χ0v) is 12.1. The molecule has 2 aromatic rings. The average Bonchev–Trinajstić information content (AvgIpc) is 2.74. The normalized spacial score (nSPS) is 10.5. The predicted octanol–water partition coefficient (Wildman–Crippen LogP) is 4.37. The molecular formula is C12H11BrClNOS. The quantitative estimate of drug-likeness (QED) is 0.844. The van der Waals surface area contributed by atoms with Crippen LogP contribution in [0.4, 0.5) is 5.69 Å². The molecule has 0 saturated heterocycles. The molecule has 1 aromatic carbocycles. The summed E-state index contributed by atoms with van der Waals surface area (Å²) in [6, 6.07) is 5.55. The van der Waals surface area contributed by atoms with Gasteiger partial charge in [0, 0.05) is 11.4 Å². The van der Waals surface area contributed by atoms with Gasteiger partial charge in [-0.3, -0.25) is 0 Å². The van der Waals surface area contributed by atoms with Crippen LogP contribution in [0.25, 0.3) is 0 Å². The fraction of sp³-hybridized carbons (Fsp3) is 0.167. The summed E-state index contributed by atoms with van der Waals surface area (Å²) in [4.78, 5) is 0. The molecule has 0 saturated carbocycles. The lowest BCUT2D eigenvalue weighted by Gasteiger charge is -2.10. The molecule has 0 radical (unpaired) electrons. The summed E-state index contributed by atoms with van der Waals surface area (Å²) >= 11 is 10.9. The Morgan fingerprint density at radius 3 is 2.88 bits per heavy atom. The van der Waals surface area contributed by atoms with E-state index in [1.54, 1.807) is 23.5 Å². The second-order valence-corrected chi connectivity index (χ2v) is 5.61. The average molecular weight is 333 g/mol. The third-order valence-electron chi connectivity index (χ3n) is 2.25. The molecule has 0 atom stereocenters. The van der Waals surface area contributed by atoms with Crippen molar-refractivity contribution in [1.82, 2.24) is 0 Å². The van der Waals surface area contributed by atoms with Crippen LogP contribution in [-0.4, -0.2) is 6.61 Å². The van der Waals surface area contributed by atoms with E-state index < -0.39 is 0 Å². The van der Waals surface area contributed by atoms with Crippen LogP contribution in [0.15, 0.2) is 33.4 Å². The van der Waals surface area contributed by atoms with Crippen molar-refractivity contribution in [2.24, 2.45) is 0 Å². The van der Waals surface area contributed by atoms with Gasteiger partial charge in [0.05, 0.1) is 16.8 Å². The van der Waals surface area contributed by atoms with Crippen LogP contribution in [0.3, 0.4) is 0 Å². The van der Waals surface area contributed by atoms with Crippen molar-refractivity contribution in [2.45, 2.75) is 6.42 Å². The van der Waals surface area contributed by atoms with Gasteiger partial charge in [0.1, 0.15) is 0 Å². The van der Waals surface area contributed by atoms with Crippen LogP contribution >= 0.6 is 38.9 Å². The topological polar surface area (TPSA) is 35.2 Å². The molecule has 0 aliphatic heterocycles. The summed E-state index contributed by atoms with van der Waals surface area (Å²) in [6.07, 6.45) is 0.873. The van der Waals surface area contributed by atoms with Crippen molar-refractivity contribution < 1.29 is 4.74 Å². The molecule has 1 aromatic heterocycles. The zero-order valence-electron chi connectivity index (χ0n) is 8.95. The van der Waals surface area contributed by atoms with E-state index in [9.17, 15) is 0 Å². The van der Waals surface area contributed by atoms with Crippen molar-refractivity contribution in [1.29, 1.82) is 0 Å². The number of rotatable bonds is 4. The Balaban J connectivity index is 1.99. The fourth-order valence-corrected chi connectivity index (χ4v) is 3.09. The molecule has 0 amide bonds. The molecule has 0 aliphatic carbocycles. The maximum atomic E-state index is 5.87. The van der Waals surface area contributed by atoms with Crippen molar-refractivity contribution in [3.63, 3.8) is 0 Å². The van der Waals surface area contributed by atoms with E-state index in [0.717, 1.165) is 10.9 Å². The standard InChI is InChI=1S/C12H11BrClNOS/c13-10-5-9(14)6-11(15)12(10)16-3-1-8-2-4-17-7-8/h2,4-7H,1,3,15H2. The largest absolute Gasteiger partial charge is 0.490 e. The summed E-state index contributed by atoms with van der Waals surface area (Å²) in [7, 11) is 0. The Bertz CT molecular complexity index is 478. The summed E-state index contributed by atoms with van der Waals surface area (Å²) in [6.45, 7) is 0.598. The second-order valence-electron chi connectivity index (χ2n) is 3.54. The minimum absolute atomic E-state index is 0.551. The van der Waals surface area contributed by atoms with Gasteiger partial charge in [-0.05, 0) is 50.5 Å². The van der Waals surface area contributed by atoms with E-state index in [2.05, 4.69) is 32.8 Å². The van der Waals surface area contributed by atoms with Gasteiger partial charge in [-0.2, -0.15) is 11.3 Å². The van der Waals surface area contributed by atoms with Crippen molar-refractivity contribution in [2.75, 3.05) is 12.3 Å². The van der Waals surface area contributed by atoms with E-state index in [4.69, 9.17) is 22.1 Å². The summed E-state index contributed by atoms with van der Waals surface area (Å²) in [5, 5.41) is 4.77. The first-order valence-corrected chi connectivity index (χ1v) is 7.16. The maximum absolute atomic E-state index is 5.87. The monoisotopic (exact) mass is 331 g/mol. The second kappa shape index (κ2) is 5.76. The van der Waals surface area contributed by atoms with Gasteiger partial charge in [-0.25, -0.2) is 0 Å². The number of ether oxygens (including phenoxy) is 1. The first kappa shape index (κ1) is 12.7. The van der Waals surface area contributed by atoms with Gasteiger partial charge < -0.3 is 10.5 Å². The highest BCUT2D eigenvalue weighted by atomic mass is 79.9. The van der Waals surface area contributed by atoms with Crippen molar-refractivity contribution >= 4 is 44.6 Å². The van der Waals surface area contributed by atoms with Gasteiger partial charge in [0.25, 0.3) is 0 Å². The highest BCUT2D eigenvalue weighted by Gasteiger charge is 2.07. The van der Waals surface area contributed by atoms with Crippen LogP contribution in [0, 0.1) is 0 Å². The number of anilines is 1. The Kier molecular flexibility index (Phi) is 4.31. The lowest BCUT2D eigenvalue weighted by Crippen LogP contribution is -2.03. The molecular weight excluding hydrogens is 322 g/mol. The Labute approximate surface area is 117 Å². The summed E-state index contributed by atoms with van der Waals surface area (Å²) in [5.74, 6) is 0.657. The Morgan fingerprint density at radius 1 is 1.41 bits per heavy atom. The molecule has 90 valence electrons. The molecule has 2 nitrogen and oxygen atoms in total. The van der Waals surface area contributed by atoms with Gasteiger partial charge >= 0.3 is 0 Å². The Morgan fingerprint density at radius 2 is 2.24 bits per heavy atom. The number of nitrogen functional groups attached to an aromatic ring is 1. The van der Waals surface area contributed by atoms with Crippen LogP contribution in [-0.2, 0) is 6.42 Å². The first-order valence-electron chi connectivity index (χ1n) is 5.05. The molecule has 5 heteroatoms. The van der Waals surface area contributed by atoms with Gasteiger partial charge in [0.2, 0.25) is 0 Å². The number of hydrogen-bond donors (Lipinski definition) is 1. The minimum atomic E-state index is 0.551. The molecule has 0 spiro atoms. The maximum Gasteiger partial charge on any atom is 0.156 e. The molecule has 17 heavy (non-hydrogen) atoms. The van der Waals surface area contributed by atoms with Gasteiger partial charge in [0.15, 0.2) is 5.75 Å². The SMILES string of the molecule is Nc1cc(Cl)cc(Br)c1OCCc1ccsc1. The van der Waals surface area contributed by atoms with Crippen molar-refractivity contribution in [3.8, 4) is 5.75 Å². The molecule has 0 aliphatic rings. The summed E-state index contributed by atoms with van der Waals surface area (Å²) in [5.41, 5.74) is 7.67. The first-order chi connectivity index (χ1) is 8.16. The van der Waals surface area contributed by atoms with Crippen LogP contribution in [0.5, 0.6) is 5.75 Å². The number of benzene rings is 1. The van der Waals surface area contributed by atoms with Crippen LogP contribution in [0.1, 0.15) is 5.56 Å². The highest BCUT2D eigenvalue weighted by Crippen LogP contribution is 2.34. The molecule has 0 bridgehead atoms. The van der Waals surface area contributed by atoms with E-state index >= 15 is 0 Å². The number of hydrogen-bond acceptors (Lipinski definition) is 3. The van der Waals surface area contributed by atoms with E-state index in [1.165, 1.54) is 5.56 Å². The molecule has 1 heterocycles. The lowest BCUT2D eigenvalue weighted by molar-refractivity contribution is 0.322. The smallest absolute Gasteiger partial charge is 0.156 e. The van der Waals surface area contributed by atoms with E-state index in [0.29, 0.717) is 23.1 Å². The highest BCUT2D eigenvalue weighted by molar-refractivity contribution is 9.10. The Hall–Kier alpha value is -0.710. The third-order valence-corrected chi connectivity index (χ3v) is 3.79. The molecule has 0 fully saturated rings. The lowest BCUT2D eigenvalue weighted by atomic mass is 10.2. The van der Waals surface area contributed by atoms with Crippen LogP contribution < -0.4 is 10.5 Å². The third kappa shape index (κ3) is 3.37. The predicted molar refractivity (Wildman–Crippen MR) is 77.1 cm³/mol. The van der Waals surface area contributed by atoms with Gasteiger partial charge in [-0.1, -0.05) is 11.6 Å². The fourth-order valence-electron chi connectivity index (χ4n) is 1.44. The molecule has 0 unspecified atom stereocenters. The van der Waals surface area contributed by atoms with Crippen molar-refractivity contribution in [3.05, 3.63) is 44.0 Å². The number of thiophene rings is 1. The van der Waals surface area contributed by atoms with E-state index in [1.807, 2.05) is 0 Å².